The van der Waals surface area contributed by atoms with Crippen molar-refractivity contribution in [3.05, 3.63) is 29.8 Å². The summed E-state index contributed by atoms with van der Waals surface area (Å²) in [4.78, 5) is 19.5. The fourth-order valence-corrected chi connectivity index (χ4v) is 1.31. The molecule has 0 spiro atoms. The third-order valence-corrected chi connectivity index (χ3v) is 2.07. The van der Waals surface area contributed by atoms with E-state index in [1.165, 1.54) is 7.11 Å². The molecular formula is C10H11N3O2. The highest BCUT2D eigenvalue weighted by Crippen LogP contribution is 2.04. The summed E-state index contributed by atoms with van der Waals surface area (Å²) in [6.45, 7) is 1.90. The lowest BCUT2D eigenvalue weighted by atomic mass is 10.3. The monoisotopic (exact) mass is 205 g/mol. The molecule has 0 bridgehead atoms. The Balaban J connectivity index is 2.34. The van der Waals surface area contributed by atoms with E-state index in [1.54, 1.807) is 10.6 Å². The summed E-state index contributed by atoms with van der Waals surface area (Å²) in [6, 6.07) is 1.89. The van der Waals surface area contributed by atoms with Crippen LogP contribution in [0.5, 0.6) is 0 Å². The highest BCUT2D eigenvalue weighted by molar-refractivity contribution is 5.71. The molecule has 78 valence electrons. The van der Waals surface area contributed by atoms with Crippen LogP contribution < -0.4 is 0 Å². The van der Waals surface area contributed by atoms with Gasteiger partial charge in [-0.25, -0.2) is 9.97 Å². The quantitative estimate of drug-likeness (QED) is 0.679. The minimum atomic E-state index is -0.296. The van der Waals surface area contributed by atoms with E-state index in [-0.39, 0.29) is 12.4 Å². The van der Waals surface area contributed by atoms with Crippen molar-refractivity contribution in [2.75, 3.05) is 7.11 Å². The molecule has 15 heavy (non-hydrogen) atoms. The van der Waals surface area contributed by atoms with Gasteiger partial charge in [0.1, 0.15) is 0 Å². The molecule has 0 aliphatic heterocycles. The van der Waals surface area contributed by atoms with Gasteiger partial charge in [-0.05, 0) is 13.0 Å². The maximum Gasteiger partial charge on any atom is 0.311 e. The number of methoxy groups -OCH3 is 1. The molecule has 0 fully saturated rings. The third kappa shape index (κ3) is 1.96. The van der Waals surface area contributed by atoms with Crippen LogP contribution in [0.25, 0.3) is 5.78 Å². The zero-order valence-corrected chi connectivity index (χ0v) is 8.60. The summed E-state index contributed by atoms with van der Waals surface area (Å²) in [5, 5.41) is 0. The van der Waals surface area contributed by atoms with Crippen LogP contribution in [-0.4, -0.2) is 27.4 Å². The van der Waals surface area contributed by atoms with Crippen molar-refractivity contribution in [1.29, 1.82) is 0 Å². The minimum absolute atomic E-state index is 0.179. The summed E-state index contributed by atoms with van der Waals surface area (Å²) >= 11 is 0. The van der Waals surface area contributed by atoms with Crippen molar-refractivity contribution in [1.82, 2.24) is 14.4 Å². The molecular weight excluding hydrogens is 194 g/mol. The maximum absolute atomic E-state index is 11.0. The number of nitrogens with zero attached hydrogens (tertiary/aromatic N) is 3. The van der Waals surface area contributed by atoms with Crippen LogP contribution in [0.4, 0.5) is 0 Å². The summed E-state index contributed by atoms with van der Waals surface area (Å²) in [6.07, 6.45) is 3.82. The van der Waals surface area contributed by atoms with E-state index in [1.807, 2.05) is 19.2 Å². The summed E-state index contributed by atoms with van der Waals surface area (Å²) < 4.78 is 6.35. The third-order valence-electron chi connectivity index (χ3n) is 2.07. The van der Waals surface area contributed by atoms with Gasteiger partial charge in [-0.1, -0.05) is 0 Å². The Morgan fingerprint density at radius 1 is 1.53 bits per heavy atom. The van der Waals surface area contributed by atoms with Gasteiger partial charge in [-0.2, -0.15) is 0 Å². The van der Waals surface area contributed by atoms with Crippen molar-refractivity contribution in [3.8, 4) is 0 Å². The lowest BCUT2D eigenvalue weighted by Crippen LogP contribution is -2.04. The van der Waals surface area contributed by atoms with Gasteiger partial charge in [-0.3, -0.25) is 9.20 Å². The lowest BCUT2D eigenvalue weighted by molar-refractivity contribution is -0.139. The molecule has 0 amide bonds. The fourth-order valence-electron chi connectivity index (χ4n) is 1.31. The standard InChI is InChI=1S/C10H11N3O2/c1-7-3-4-13-6-8(5-9(14)15-2)12-10(13)11-7/h3-4,6H,5H2,1-2H3. The van der Waals surface area contributed by atoms with Gasteiger partial charge in [0.25, 0.3) is 0 Å². The van der Waals surface area contributed by atoms with Crippen LogP contribution in [0.1, 0.15) is 11.4 Å². The smallest absolute Gasteiger partial charge is 0.311 e. The number of carbonyl (C=O) groups excluding carboxylic acids is 1. The van der Waals surface area contributed by atoms with Crippen LogP contribution in [0.3, 0.4) is 0 Å². The van der Waals surface area contributed by atoms with Gasteiger partial charge in [0.15, 0.2) is 0 Å². The van der Waals surface area contributed by atoms with E-state index in [2.05, 4.69) is 14.7 Å². The Labute approximate surface area is 86.7 Å². The lowest BCUT2D eigenvalue weighted by Gasteiger charge is -1.92. The molecule has 2 heterocycles. The number of hydrogen-bond acceptors (Lipinski definition) is 4. The number of aryl methyl sites for hydroxylation is 1. The number of imidazole rings is 1. The molecule has 0 N–H and O–H groups in total. The molecule has 0 aromatic carbocycles. The van der Waals surface area contributed by atoms with E-state index in [4.69, 9.17) is 0 Å². The number of rotatable bonds is 2. The molecule has 2 rings (SSSR count). The van der Waals surface area contributed by atoms with Crippen molar-refractivity contribution < 1.29 is 9.53 Å². The van der Waals surface area contributed by atoms with Gasteiger partial charge in [0, 0.05) is 18.1 Å². The van der Waals surface area contributed by atoms with Crippen molar-refractivity contribution in [2.45, 2.75) is 13.3 Å². The van der Waals surface area contributed by atoms with Crippen LogP contribution in [0.2, 0.25) is 0 Å². The van der Waals surface area contributed by atoms with Crippen molar-refractivity contribution >= 4 is 11.7 Å². The zero-order valence-electron chi connectivity index (χ0n) is 8.60. The largest absolute Gasteiger partial charge is 0.469 e. The number of fused-ring (bicyclic) bond motifs is 1. The first-order valence-corrected chi connectivity index (χ1v) is 4.57. The molecule has 0 saturated heterocycles. The number of ether oxygens (including phenoxy) is 1. The Kier molecular flexibility index (Phi) is 2.37. The molecule has 0 unspecified atom stereocenters. The van der Waals surface area contributed by atoms with E-state index >= 15 is 0 Å². The molecule has 2 aromatic heterocycles. The average Bonchev–Trinajstić information content (AvgIpc) is 2.59. The molecule has 2 aromatic rings. The Morgan fingerprint density at radius 3 is 3.07 bits per heavy atom. The normalized spacial score (nSPS) is 10.5. The van der Waals surface area contributed by atoms with Crippen molar-refractivity contribution in [2.24, 2.45) is 0 Å². The molecule has 5 nitrogen and oxygen atoms in total. The van der Waals surface area contributed by atoms with Crippen LogP contribution in [0.15, 0.2) is 18.5 Å². The van der Waals surface area contributed by atoms with Gasteiger partial charge < -0.3 is 4.74 Å². The molecule has 0 aliphatic rings. The fraction of sp³-hybridized carbons (Fsp3) is 0.300. The number of carbonyl (C=O) groups is 1. The number of aromatic nitrogens is 3. The highest BCUT2D eigenvalue weighted by Gasteiger charge is 2.07. The summed E-state index contributed by atoms with van der Waals surface area (Å²) in [5.41, 5.74) is 1.57. The van der Waals surface area contributed by atoms with Gasteiger partial charge in [0.2, 0.25) is 5.78 Å². The SMILES string of the molecule is COC(=O)Cc1cn2ccc(C)nc2n1. The molecule has 0 saturated carbocycles. The maximum atomic E-state index is 11.0. The van der Waals surface area contributed by atoms with E-state index in [0.717, 1.165) is 5.69 Å². The minimum Gasteiger partial charge on any atom is -0.469 e. The Bertz CT molecular complexity index is 504. The van der Waals surface area contributed by atoms with Crippen LogP contribution in [0, 0.1) is 6.92 Å². The van der Waals surface area contributed by atoms with Crippen molar-refractivity contribution in [3.63, 3.8) is 0 Å². The Morgan fingerprint density at radius 2 is 2.33 bits per heavy atom. The van der Waals surface area contributed by atoms with Gasteiger partial charge in [-0.15, -0.1) is 0 Å². The molecule has 0 aliphatic carbocycles. The summed E-state index contributed by atoms with van der Waals surface area (Å²) in [7, 11) is 1.36. The van der Waals surface area contributed by atoms with E-state index in [0.29, 0.717) is 11.5 Å². The first-order chi connectivity index (χ1) is 7.19. The predicted octanol–water partition coefficient (Wildman–Crippen LogP) is 0.753. The number of hydrogen-bond donors (Lipinski definition) is 0. The topological polar surface area (TPSA) is 56.5 Å². The molecule has 5 heteroatoms. The molecule has 0 radical (unpaired) electrons. The van der Waals surface area contributed by atoms with E-state index < -0.39 is 0 Å². The zero-order chi connectivity index (χ0) is 10.8. The number of esters is 1. The van der Waals surface area contributed by atoms with Gasteiger partial charge >= 0.3 is 5.97 Å². The van der Waals surface area contributed by atoms with E-state index in [9.17, 15) is 4.79 Å². The second kappa shape index (κ2) is 3.68. The molecule has 0 atom stereocenters. The first-order valence-electron chi connectivity index (χ1n) is 4.57. The second-order valence-electron chi connectivity index (χ2n) is 3.26. The summed E-state index contributed by atoms with van der Waals surface area (Å²) in [5.74, 6) is 0.309. The average molecular weight is 205 g/mol. The van der Waals surface area contributed by atoms with Gasteiger partial charge in [0.05, 0.1) is 19.2 Å². The van der Waals surface area contributed by atoms with Crippen LogP contribution in [-0.2, 0) is 16.0 Å². The predicted molar refractivity (Wildman–Crippen MR) is 53.4 cm³/mol. The second-order valence-corrected chi connectivity index (χ2v) is 3.26. The Hall–Kier alpha value is -1.91. The highest BCUT2D eigenvalue weighted by atomic mass is 16.5. The van der Waals surface area contributed by atoms with Crippen LogP contribution >= 0.6 is 0 Å². The first kappa shape index (κ1) is 9.64.